The van der Waals surface area contributed by atoms with Crippen molar-refractivity contribution in [3.8, 4) is 0 Å². The van der Waals surface area contributed by atoms with Crippen molar-refractivity contribution in [1.29, 1.82) is 0 Å². The highest BCUT2D eigenvalue weighted by atomic mass is 16.2. The maximum atomic E-state index is 11.9. The monoisotopic (exact) mass is 480 g/mol. The van der Waals surface area contributed by atoms with Gasteiger partial charge in [-0.2, -0.15) is 0 Å². The average Bonchev–Trinajstić information content (AvgIpc) is 2.78. The quantitative estimate of drug-likeness (QED) is 0.178. The van der Waals surface area contributed by atoms with Gasteiger partial charge in [0.15, 0.2) is 0 Å². The minimum absolute atomic E-state index is 0.0212. The van der Waals surface area contributed by atoms with Gasteiger partial charge in [0.2, 0.25) is 11.8 Å². The molecule has 0 fully saturated rings. The Morgan fingerprint density at radius 1 is 0.529 bits per heavy atom. The van der Waals surface area contributed by atoms with E-state index in [1.54, 1.807) is 0 Å². The summed E-state index contributed by atoms with van der Waals surface area (Å²) in [6.07, 6.45) is 13.6. The number of carbonyl (C=O) groups excluding carboxylic acids is 4. The van der Waals surface area contributed by atoms with E-state index in [9.17, 15) is 19.2 Å². The van der Waals surface area contributed by atoms with Crippen molar-refractivity contribution in [2.24, 2.45) is 11.8 Å². The third kappa shape index (κ3) is 22.1. The molecule has 34 heavy (non-hydrogen) atoms. The summed E-state index contributed by atoms with van der Waals surface area (Å²) < 4.78 is 0. The first kappa shape index (κ1) is 32.3. The standard InChI is InChI=1S/C28H52N2O4/c1-23(2)15-11-12-18-25(31)16-8-5-6-10-20-27(33)29-21-13-7-9-17-26(32)19-14-22-30-28(34)24(3)4/h23-24H,5-22H2,1-4H3,(H,29,33)(H,30,34). The number of amides is 2. The molecule has 0 aromatic rings. The van der Waals surface area contributed by atoms with E-state index in [2.05, 4.69) is 24.5 Å². The Labute approximate surface area is 208 Å². The molecule has 0 saturated carbocycles. The van der Waals surface area contributed by atoms with Gasteiger partial charge in [0, 0.05) is 51.1 Å². The van der Waals surface area contributed by atoms with Crippen LogP contribution in [0.5, 0.6) is 0 Å². The van der Waals surface area contributed by atoms with Crippen LogP contribution in [0.2, 0.25) is 0 Å². The van der Waals surface area contributed by atoms with Crippen LogP contribution in [-0.4, -0.2) is 36.5 Å². The van der Waals surface area contributed by atoms with E-state index in [4.69, 9.17) is 0 Å². The zero-order valence-corrected chi connectivity index (χ0v) is 22.5. The van der Waals surface area contributed by atoms with Gasteiger partial charge in [-0.15, -0.1) is 0 Å². The van der Waals surface area contributed by atoms with Crippen LogP contribution >= 0.6 is 0 Å². The largest absolute Gasteiger partial charge is 0.356 e. The van der Waals surface area contributed by atoms with Gasteiger partial charge < -0.3 is 10.6 Å². The van der Waals surface area contributed by atoms with Crippen molar-refractivity contribution in [3.63, 3.8) is 0 Å². The van der Waals surface area contributed by atoms with Gasteiger partial charge in [-0.25, -0.2) is 0 Å². The van der Waals surface area contributed by atoms with Gasteiger partial charge >= 0.3 is 0 Å². The van der Waals surface area contributed by atoms with Crippen molar-refractivity contribution in [1.82, 2.24) is 10.6 Å². The number of hydrogen-bond donors (Lipinski definition) is 2. The van der Waals surface area contributed by atoms with Crippen LogP contribution in [0, 0.1) is 11.8 Å². The predicted molar refractivity (Wildman–Crippen MR) is 140 cm³/mol. The number of rotatable bonds is 23. The molecule has 0 aromatic carbocycles. The number of unbranched alkanes of at least 4 members (excludes halogenated alkanes) is 6. The molecule has 0 atom stereocenters. The molecule has 2 amide bonds. The SMILES string of the molecule is CC(C)CCCCC(=O)CCCCCCC(=O)NCCCCCC(=O)CCCNC(=O)C(C)C. The third-order valence-electron chi connectivity index (χ3n) is 6.01. The molecule has 6 nitrogen and oxygen atoms in total. The molecule has 0 aliphatic carbocycles. The molecular formula is C28H52N2O4. The Morgan fingerprint density at radius 3 is 1.56 bits per heavy atom. The van der Waals surface area contributed by atoms with Crippen LogP contribution < -0.4 is 10.6 Å². The van der Waals surface area contributed by atoms with Gasteiger partial charge in [0.05, 0.1) is 0 Å². The van der Waals surface area contributed by atoms with Gasteiger partial charge in [0.1, 0.15) is 11.6 Å². The Bertz CT molecular complexity index is 573. The first-order valence-electron chi connectivity index (χ1n) is 13.8. The van der Waals surface area contributed by atoms with Gasteiger partial charge in [-0.1, -0.05) is 59.8 Å². The second-order valence-corrected chi connectivity index (χ2v) is 10.3. The molecule has 0 heterocycles. The lowest BCUT2D eigenvalue weighted by Crippen LogP contribution is -2.28. The van der Waals surface area contributed by atoms with E-state index in [1.165, 1.54) is 6.42 Å². The minimum Gasteiger partial charge on any atom is -0.356 e. The lowest BCUT2D eigenvalue weighted by atomic mass is 10.0. The topological polar surface area (TPSA) is 92.3 Å². The van der Waals surface area contributed by atoms with Crippen molar-refractivity contribution in [2.45, 2.75) is 130 Å². The lowest BCUT2D eigenvalue weighted by molar-refractivity contribution is -0.124. The summed E-state index contributed by atoms with van der Waals surface area (Å²) in [7, 11) is 0. The van der Waals surface area contributed by atoms with E-state index in [0.717, 1.165) is 70.1 Å². The van der Waals surface area contributed by atoms with Crippen molar-refractivity contribution >= 4 is 23.4 Å². The van der Waals surface area contributed by atoms with Crippen LogP contribution in [0.1, 0.15) is 130 Å². The highest BCUT2D eigenvalue weighted by Gasteiger charge is 2.07. The van der Waals surface area contributed by atoms with Crippen LogP contribution in [0.4, 0.5) is 0 Å². The normalized spacial score (nSPS) is 11.1. The second-order valence-electron chi connectivity index (χ2n) is 10.3. The predicted octanol–water partition coefficient (Wildman–Crippen LogP) is 5.91. The molecular weight excluding hydrogens is 428 g/mol. The fraction of sp³-hybridized carbons (Fsp3) is 0.857. The summed E-state index contributed by atoms with van der Waals surface area (Å²) in [6, 6.07) is 0. The lowest BCUT2D eigenvalue weighted by Gasteiger charge is -2.07. The van der Waals surface area contributed by atoms with Crippen molar-refractivity contribution in [2.75, 3.05) is 13.1 Å². The smallest absolute Gasteiger partial charge is 0.222 e. The summed E-state index contributed by atoms with van der Waals surface area (Å²) in [5.74, 6) is 1.46. The molecule has 0 radical (unpaired) electrons. The average molecular weight is 481 g/mol. The van der Waals surface area contributed by atoms with Crippen molar-refractivity contribution < 1.29 is 19.2 Å². The Balaban J connectivity index is 3.44. The first-order chi connectivity index (χ1) is 16.2. The highest BCUT2D eigenvalue weighted by molar-refractivity contribution is 5.79. The van der Waals surface area contributed by atoms with Crippen LogP contribution in [0.15, 0.2) is 0 Å². The second kappa shape index (κ2) is 21.8. The van der Waals surface area contributed by atoms with Crippen molar-refractivity contribution in [3.05, 3.63) is 0 Å². The number of carbonyl (C=O) groups is 4. The van der Waals surface area contributed by atoms with Gasteiger partial charge in [-0.05, 0) is 44.4 Å². The molecule has 0 rings (SSSR count). The summed E-state index contributed by atoms with van der Waals surface area (Å²) in [5, 5.41) is 5.79. The number of nitrogens with one attached hydrogen (secondary N) is 2. The van der Waals surface area contributed by atoms with Gasteiger partial charge in [0.25, 0.3) is 0 Å². The van der Waals surface area contributed by atoms with E-state index in [-0.39, 0.29) is 23.5 Å². The molecule has 0 spiro atoms. The maximum absolute atomic E-state index is 11.9. The molecule has 6 heteroatoms. The van der Waals surface area contributed by atoms with Gasteiger partial charge in [-0.3, -0.25) is 19.2 Å². The number of hydrogen-bond acceptors (Lipinski definition) is 4. The zero-order valence-electron chi connectivity index (χ0n) is 22.5. The summed E-state index contributed by atoms with van der Waals surface area (Å²) >= 11 is 0. The Hall–Kier alpha value is -1.72. The van der Waals surface area contributed by atoms with Crippen LogP contribution in [0.3, 0.4) is 0 Å². The fourth-order valence-corrected chi connectivity index (χ4v) is 3.73. The fourth-order valence-electron chi connectivity index (χ4n) is 3.73. The molecule has 0 saturated heterocycles. The summed E-state index contributed by atoms with van der Waals surface area (Å²) in [5.41, 5.74) is 0. The summed E-state index contributed by atoms with van der Waals surface area (Å²) in [6.45, 7) is 9.37. The van der Waals surface area contributed by atoms with E-state index < -0.39 is 0 Å². The van der Waals surface area contributed by atoms with Crippen LogP contribution in [-0.2, 0) is 19.2 Å². The van der Waals surface area contributed by atoms with E-state index >= 15 is 0 Å². The highest BCUT2D eigenvalue weighted by Crippen LogP contribution is 2.11. The first-order valence-corrected chi connectivity index (χ1v) is 13.8. The molecule has 0 aromatic heterocycles. The number of Topliss-reactive ketones (excluding diaryl/α,β-unsaturated/α-hetero) is 2. The maximum Gasteiger partial charge on any atom is 0.222 e. The Kier molecular flexibility index (Phi) is 20.7. The molecule has 0 bridgehead atoms. The Morgan fingerprint density at radius 2 is 1.00 bits per heavy atom. The molecule has 0 unspecified atom stereocenters. The molecule has 2 N–H and O–H groups in total. The molecule has 0 aliphatic rings. The number of ketones is 2. The minimum atomic E-state index is -0.0212. The summed E-state index contributed by atoms with van der Waals surface area (Å²) in [4.78, 5) is 47.1. The third-order valence-corrected chi connectivity index (χ3v) is 6.01. The van der Waals surface area contributed by atoms with E-state index in [0.29, 0.717) is 51.0 Å². The van der Waals surface area contributed by atoms with Crippen LogP contribution in [0.25, 0.3) is 0 Å². The van der Waals surface area contributed by atoms with E-state index in [1.807, 2.05) is 13.8 Å². The molecule has 0 aliphatic heterocycles. The zero-order chi connectivity index (χ0) is 25.6. The molecule has 198 valence electrons.